The van der Waals surface area contributed by atoms with E-state index in [9.17, 15) is 4.79 Å². The predicted octanol–water partition coefficient (Wildman–Crippen LogP) is 6.61. The van der Waals surface area contributed by atoms with E-state index in [1.807, 2.05) is 13.8 Å². The SMILES string of the molecule is CCCCCCCCCCCCSC(=S)SC(C)C(=O)OCC. The topological polar surface area (TPSA) is 26.3 Å². The van der Waals surface area contributed by atoms with E-state index in [1.165, 1.54) is 76.0 Å². The lowest BCUT2D eigenvalue weighted by atomic mass is 10.1. The Balaban J connectivity index is 3.37. The Labute approximate surface area is 157 Å². The van der Waals surface area contributed by atoms with Gasteiger partial charge in [-0.2, -0.15) is 0 Å². The summed E-state index contributed by atoms with van der Waals surface area (Å²) in [5, 5.41) is -0.192. The van der Waals surface area contributed by atoms with Crippen LogP contribution in [0.1, 0.15) is 85.0 Å². The maximum absolute atomic E-state index is 11.5. The van der Waals surface area contributed by atoms with E-state index in [2.05, 4.69) is 6.92 Å². The van der Waals surface area contributed by atoms with Gasteiger partial charge in [0.1, 0.15) is 8.78 Å². The number of thioether (sulfide) groups is 2. The molecule has 0 aliphatic heterocycles. The molecule has 0 saturated carbocycles. The average molecular weight is 379 g/mol. The third-order valence-electron chi connectivity index (χ3n) is 3.61. The van der Waals surface area contributed by atoms with Gasteiger partial charge in [-0.15, -0.1) is 11.8 Å². The molecule has 0 heterocycles. The number of ether oxygens (including phenoxy) is 1. The second kappa shape index (κ2) is 17.1. The van der Waals surface area contributed by atoms with Gasteiger partial charge in [-0.25, -0.2) is 0 Å². The molecule has 0 saturated heterocycles. The summed E-state index contributed by atoms with van der Waals surface area (Å²) in [4.78, 5) is 11.5. The highest BCUT2D eigenvalue weighted by Gasteiger charge is 2.16. The lowest BCUT2D eigenvalue weighted by Crippen LogP contribution is -2.17. The first-order valence-electron chi connectivity index (χ1n) is 9.11. The zero-order chi connectivity index (χ0) is 17.3. The first-order chi connectivity index (χ1) is 11.1. The molecule has 0 amide bonds. The fourth-order valence-electron chi connectivity index (χ4n) is 2.23. The summed E-state index contributed by atoms with van der Waals surface area (Å²) in [5.74, 6) is 0.900. The van der Waals surface area contributed by atoms with Crippen molar-refractivity contribution in [2.45, 2.75) is 90.2 Å². The molecular formula is C18H34O2S3. The standard InChI is InChI=1S/C18H34O2S3/c1-4-6-7-8-9-10-11-12-13-14-15-22-18(21)23-16(3)17(19)20-5-2/h16H,4-15H2,1-3H3. The lowest BCUT2D eigenvalue weighted by molar-refractivity contribution is -0.142. The van der Waals surface area contributed by atoms with Crippen LogP contribution < -0.4 is 0 Å². The molecule has 1 unspecified atom stereocenters. The van der Waals surface area contributed by atoms with E-state index < -0.39 is 0 Å². The largest absolute Gasteiger partial charge is 0.465 e. The van der Waals surface area contributed by atoms with Crippen LogP contribution in [0, 0.1) is 0 Å². The number of hydrogen-bond acceptors (Lipinski definition) is 5. The average Bonchev–Trinajstić information content (AvgIpc) is 2.52. The van der Waals surface area contributed by atoms with E-state index in [1.54, 1.807) is 11.8 Å². The van der Waals surface area contributed by atoms with Crippen LogP contribution in [-0.2, 0) is 9.53 Å². The van der Waals surface area contributed by atoms with Gasteiger partial charge in [-0.1, -0.05) is 88.7 Å². The molecule has 0 spiro atoms. The second-order valence-corrected chi connectivity index (χ2v) is 9.43. The van der Waals surface area contributed by atoms with Gasteiger partial charge in [0.05, 0.1) is 6.61 Å². The van der Waals surface area contributed by atoms with Crippen molar-refractivity contribution in [3.63, 3.8) is 0 Å². The van der Waals surface area contributed by atoms with Crippen LogP contribution in [-0.4, -0.2) is 27.1 Å². The van der Waals surface area contributed by atoms with E-state index >= 15 is 0 Å². The van der Waals surface area contributed by atoms with Crippen LogP contribution in [0.3, 0.4) is 0 Å². The van der Waals surface area contributed by atoms with Crippen molar-refractivity contribution in [3.05, 3.63) is 0 Å². The summed E-state index contributed by atoms with van der Waals surface area (Å²) in [6, 6.07) is 0. The Morgan fingerprint density at radius 3 is 2.00 bits per heavy atom. The van der Waals surface area contributed by atoms with Crippen molar-refractivity contribution in [1.82, 2.24) is 0 Å². The zero-order valence-corrected chi connectivity index (χ0v) is 17.6. The number of esters is 1. The first kappa shape index (κ1) is 23.3. The van der Waals surface area contributed by atoms with Gasteiger partial charge in [0, 0.05) is 0 Å². The first-order valence-corrected chi connectivity index (χ1v) is 11.4. The van der Waals surface area contributed by atoms with Crippen LogP contribution in [0.4, 0.5) is 0 Å². The van der Waals surface area contributed by atoms with Crippen molar-refractivity contribution < 1.29 is 9.53 Å². The molecule has 0 bridgehead atoms. The lowest BCUT2D eigenvalue weighted by Gasteiger charge is -2.10. The van der Waals surface area contributed by atoms with Crippen LogP contribution in [0.15, 0.2) is 0 Å². The molecule has 0 aliphatic carbocycles. The smallest absolute Gasteiger partial charge is 0.319 e. The summed E-state index contributed by atoms with van der Waals surface area (Å²) in [6.45, 7) is 6.38. The van der Waals surface area contributed by atoms with Gasteiger partial charge in [0.2, 0.25) is 0 Å². The minimum Gasteiger partial charge on any atom is -0.465 e. The molecule has 0 rings (SSSR count). The number of unbranched alkanes of at least 4 members (excludes halogenated alkanes) is 9. The second-order valence-electron chi connectivity index (χ2n) is 5.79. The molecular weight excluding hydrogens is 344 g/mol. The zero-order valence-electron chi connectivity index (χ0n) is 15.1. The molecule has 136 valence electrons. The molecule has 0 radical (unpaired) electrons. The summed E-state index contributed by atoms with van der Waals surface area (Å²) in [7, 11) is 0. The van der Waals surface area contributed by atoms with Crippen molar-refractivity contribution in [2.75, 3.05) is 12.4 Å². The van der Waals surface area contributed by atoms with Crippen LogP contribution in [0.5, 0.6) is 0 Å². The quantitative estimate of drug-likeness (QED) is 0.192. The van der Waals surface area contributed by atoms with Gasteiger partial charge < -0.3 is 4.74 Å². The maximum atomic E-state index is 11.5. The molecule has 2 nitrogen and oxygen atoms in total. The van der Waals surface area contributed by atoms with E-state index in [4.69, 9.17) is 17.0 Å². The Kier molecular flexibility index (Phi) is 17.3. The highest BCUT2D eigenvalue weighted by molar-refractivity contribution is 8.47. The Morgan fingerprint density at radius 2 is 1.48 bits per heavy atom. The molecule has 0 aromatic rings. The van der Waals surface area contributed by atoms with Crippen molar-refractivity contribution in [1.29, 1.82) is 0 Å². The minimum atomic E-state index is -0.192. The van der Waals surface area contributed by atoms with Crippen molar-refractivity contribution in [2.24, 2.45) is 0 Å². The summed E-state index contributed by atoms with van der Waals surface area (Å²) in [5.41, 5.74) is 0. The van der Waals surface area contributed by atoms with Crippen LogP contribution >= 0.6 is 35.7 Å². The Morgan fingerprint density at radius 1 is 0.957 bits per heavy atom. The summed E-state index contributed by atoms with van der Waals surface area (Å²) < 4.78 is 5.85. The number of rotatable bonds is 14. The molecule has 5 heteroatoms. The van der Waals surface area contributed by atoms with Gasteiger partial charge in [0.15, 0.2) is 0 Å². The molecule has 0 aromatic carbocycles. The fourth-order valence-corrected chi connectivity index (χ4v) is 4.84. The van der Waals surface area contributed by atoms with Gasteiger partial charge in [-0.05, 0) is 26.0 Å². The molecule has 1 atom stereocenters. The molecule has 0 fully saturated rings. The molecule has 0 aliphatic rings. The third kappa shape index (κ3) is 15.5. The predicted molar refractivity (Wildman–Crippen MR) is 111 cm³/mol. The monoisotopic (exact) mass is 378 g/mol. The van der Waals surface area contributed by atoms with E-state index in [0.717, 1.165) is 9.28 Å². The third-order valence-corrected chi connectivity index (χ3v) is 6.36. The Hall–Kier alpha value is 0.260. The maximum Gasteiger partial charge on any atom is 0.319 e. The van der Waals surface area contributed by atoms with Gasteiger partial charge in [-0.3, -0.25) is 4.79 Å². The van der Waals surface area contributed by atoms with Crippen LogP contribution in [0.25, 0.3) is 0 Å². The number of carbonyl (C=O) groups excluding carboxylic acids is 1. The molecule has 0 aromatic heterocycles. The van der Waals surface area contributed by atoms with Crippen LogP contribution in [0.2, 0.25) is 0 Å². The van der Waals surface area contributed by atoms with Crippen molar-refractivity contribution >= 4 is 45.2 Å². The number of thiocarbonyl (C=S) groups is 1. The molecule has 0 N–H and O–H groups in total. The minimum absolute atomic E-state index is 0.167. The Bertz CT molecular complexity index is 309. The van der Waals surface area contributed by atoms with Gasteiger partial charge in [0.25, 0.3) is 0 Å². The number of hydrogen-bond donors (Lipinski definition) is 0. The molecule has 23 heavy (non-hydrogen) atoms. The van der Waals surface area contributed by atoms with Crippen molar-refractivity contribution in [3.8, 4) is 0 Å². The normalized spacial score (nSPS) is 12.1. The summed E-state index contributed by atoms with van der Waals surface area (Å²) in [6.07, 6.45) is 13.6. The van der Waals surface area contributed by atoms with E-state index in [0.29, 0.717) is 6.61 Å². The highest BCUT2D eigenvalue weighted by atomic mass is 32.2. The summed E-state index contributed by atoms with van der Waals surface area (Å²) >= 11 is 8.47. The fraction of sp³-hybridized carbons (Fsp3) is 0.889. The van der Waals surface area contributed by atoms with E-state index in [-0.39, 0.29) is 11.2 Å². The van der Waals surface area contributed by atoms with Gasteiger partial charge >= 0.3 is 5.97 Å². The number of carbonyl (C=O) groups is 1. The highest BCUT2D eigenvalue weighted by Crippen LogP contribution is 2.24.